The van der Waals surface area contributed by atoms with E-state index in [4.69, 9.17) is 0 Å². The monoisotopic (exact) mass is 425 g/mol. The second-order valence-corrected chi connectivity index (χ2v) is 8.18. The molecule has 3 aromatic rings. The van der Waals surface area contributed by atoms with Crippen LogP contribution in [0, 0.1) is 11.3 Å². The van der Waals surface area contributed by atoms with Crippen LogP contribution >= 0.6 is 0 Å². The fourth-order valence-electron chi connectivity index (χ4n) is 3.69. The summed E-state index contributed by atoms with van der Waals surface area (Å²) in [6, 6.07) is 27.7. The van der Waals surface area contributed by atoms with Crippen LogP contribution < -0.4 is 10.6 Å². The molecular formula is C27H27N3O2. The SMILES string of the molecule is CNC(=O)C(NC(=O)c1cccc(C(C)(C)C#N)c1)C(c1ccccc1)c1ccccc1. The molecule has 0 aromatic heterocycles. The molecule has 0 saturated carbocycles. The molecule has 162 valence electrons. The molecule has 5 nitrogen and oxygen atoms in total. The second kappa shape index (κ2) is 9.93. The summed E-state index contributed by atoms with van der Waals surface area (Å²) in [6.07, 6.45) is 0. The van der Waals surface area contributed by atoms with E-state index in [0.29, 0.717) is 5.56 Å². The number of carbonyl (C=O) groups excluding carboxylic acids is 2. The molecule has 0 aliphatic carbocycles. The number of nitrogens with zero attached hydrogens (tertiary/aromatic N) is 1. The highest BCUT2D eigenvalue weighted by Gasteiger charge is 2.32. The van der Waals surface area contributed by atoms with Crippen LogP contribution in [0.25, 0.3) is 0 Å². The van der Waals surface area contributed by atoms with Crippen molar-refractivity contribution >= 4 is 11.8 Å². The number of rotatable bonds is 7. The highest BCUT2D eigenvalue weighted by atomic mass is 16.2. The molecule has 0 spiro atoms. The Hall–Kier alpha value is -3.91. The lowest BCUT2D eigenvalue weighted by Gasteiger charge is -2.28. The second-order valence-electron chi connectivity index (χ2n) is 8.18. The van der Waals surface area contributed by atoms with Crippen LogP contribution in [0.3, 0.4) is 0 Å². The predicted octanol–water partition coefficient (Wildman–Crippen LogP) is 4.16. The van der Waals surface area contributed by atoms with Gasteiger partial charge in [-0.15, -0.1) is 0 Å². The van der Waals surface area contributed by atoms with Gasteiger partial charge in [-0.25, -0.2) is 0 Å². The Morgan fingerprint density at radius 3 is 1.94 bits per heavy atom. The van der Waals surface area contributed by atoms with Crippen molar-refractivity contribution in [1.82, 2.24) is 10.6 Å². The molecule has 32 heavy (non-hydrogen) atoms. The van der Waals surface area contributed by atoms with Gasteiger partial charge in [0.2, 0.25) is 5.91 Å². The molecule has 1 atom stereocenters. The first-order valence-electron chi connectivity index (χ1n) is 10.5. The standard InChI is InChI=1S/C27H27N3O2/c1-27(2,18-28)22-16-10-15-21(17-22)25(31)30-24(26(32)29-3)23(19-11-6-4-7-12-19)20-13-8-5-9-14-20/h4-17,23-24H,1-3H3,(H,29,32)(H,30,31). The first-order valence-corrected chi connectivity index (χ1v) is 10.5. The first kappa shape index (κ1) is 22.8. The minimum Gasteiger partial charge on any atom is -0.357 e. The van der Waals surface area contributed by atoms with Crippen LogP contribution in [-0.2, 0) is 10.2 Å². The van der Waals surface area contributed by atoms with E-state index in [0.717, 1.165) is 16.7 Å². The summed E-state index contributed by atoms with van der Waals surface area (Å²) >= 11 is 0. The Morgan fingerprint density at radius 2 is 1.44 bits per heavy atom. The summed E-state index contributed by atoms with van der Waals surface area (Å²) in [5, 5.41) is 15.1. The van der Waals surface area contributed by atoms with Gasteiger partial charge in [0.15, 0.2) is 0 Å². The van der Waals surface area contributed by atoms with Gasteiger partial charge in [-0.3, -0.25) is 9.59 Å². The zero-order chi connectivity index (χ0) is 23.1. The smallest absolute Gasteiger partial charge is 0.251 e. The van der Waals surface area contributed by atoms with Crippen molar-refractivity contribution in [3.63, 3.8) is 0 Å². The zero-order valence-electron chi connectivity index (χ0n) is 18.5. The van der Waals surface area contributed by atoms with Crippen molar-refractivity contribution in [2.75, 3.05) is 7.05 Å². The maximum Gasteiger partial charge on any atom is 0.251 e. The van der Waals surface area contributed by atoms with Gasteiger partial charge >= 0.3 is 0 Å². The van der Waals surface area contributed by atoms with Crippen molar-refractivity contribution in [2.24, 2.45) is 0 Å². The molecule has 2 amide bonds. The molecule has 3 rings (SSSR count). The number of carbonyl (C=O) groups is 2. The Balaban J connectivity index is 2.01. The fraction of sp³-hybridized carbons (Fsp3) is 0.222. The minimum atomic E-state index is -0.829. The number of hydrogen-bond acceptors (Lipinski definition) is 3. The lowest BCUT2D eigenvalue weighted by molar-refractivity contribution is -0.122. The van der Waals surface area contributed by atoms with Gasteiger partial charge in [0.1, 0.15) is 6.04 Å². The fourth-order valence-corrected chi connectivity index (χ4v) is 3.69. The molecule has 0 heterocycles. The highest BCUT2D eigenvalue weighted by Crippen LogP contribution is 2.29. The quantitative estimate of drug-likeness (QED) is 0.596. The molecule has 3 aromatic carbocycles. The third kappa shape index (κ3) is 5.04. The summed E-state index contributed by atoms with van der Waals surface area (Å²) < 4.78 is 0. The van der Waals surface area contributed by atoms with E-state index in [1.807, 2.05) is 66.7 Å². The Bertz CT molecular complexity index is 1080. The van der Waals surface area contributed by atoms with Crippen molar-refractivity contribution in [1.29, 1.82) is 5.26 Å². The lowest BCUT2D eigenvalue weighted by atomic mass is 9.84. The Kier molecular flexibility index (Phi) is 7.07. The summed E-state index contributed by atoms with van der Waals surface area (Å²) in [7, 11) is 1.56. The van der Waals surface area contributed by atoms with E-state index < -0.39 is 11.5 Å². The maximum atomic E-state index is 13.2. The largest absolute Gasteiger partial charge is 0.357 e. The maximum absolute atomic E-state index is 13.2. The summed E-state index contributed by atoms with van der Waals surface area (Å²) in [4.78, 5) is 26.2. The van der Waals surface area contributed by atoms with E-state index in [2.05, 4.69) is 16.7 Å². The van der Waals surface area contributed by atoms with Crippen LogP contribution in [0.15, 0.2) is 84.9 Å². The Labute approximate surface area is 189 Å². The van der Waals surface area contributed by atoms with Crippen LogP contribution in [0.1, 0.15) is 46.8 Å². The average Bonchev–Trinajstić information content (AvgIpc) is 2.84. The summed E-state index contributed by atoms with van der Waals surface area (Å²) in [6.45, 7) is 3.61. The van der Waals surface area contributed by atoms with E-state index in [9.17, 15) is 14.9 Å². The number of benzene rings is 3. The molecule has 0 radical (unpaired) electrons. The van der Waals surface area contributed by atoms with Crippen molar-refractivity contribution < 1.29 is 9.59 Å². The highest BCUT2D eigenvalue weighted by molar-refractivity contribution is 5.98. The minimum absolute atomic E-state index is 0.287. The number of nitrogens with one attached hydrogen (secondary N) is 2. The Morgan fingerprint density at radius 1 is 0.875 bits per heavy atom. The van der Waals surface area contributed by atoms with Gasteiger partial charge in [-0.1, -0.05) is 72.8 Å². The van der Waals surface area contributed by atoms with Gasteiger partial charge in [0, 0.05) is 18.5 Å². The van der Waals surface area contributed by atoms with E-state index in [-0.39, 0.29) is 17.7 Å². The van der Waals surface area contributed by atoms with E-state index in [1.54, 1.807) is 39.1 Å². The third-order valence-electron chi connectivity index (χ3n) is 5.59. The molecule has 1 unspecified atom stereocenters. The normalized spacial score (nSPS) is 12.0. The van der Waals surface area contributed by atoms with E-state index in [1.165, 1.54) is 0 Å². The topological polar surface area (TPSA) is 82.0 Å². The molecule has 0 saturated heterocycles. The molecule has 0 aliphatic heterocycles. The summed E-state index contributed by atoms with van der Waals surface area (Å²) in [5.74, 6) is -1.03. The molecule has 2 N–H and O–H groups in total. The van der Waals surface area contributed by atoms with Crippen LogP contribution in [0.2, 0.25) is 0 Å². The summed E-state index contributed by atoms with van der Waals surface area (Å²) in [5.41, 5.74) is 2.26. The van der Waals surface area contributed by atoms with Gasteiger partial charge in [0.25, 0.3) is 5.91 Å². The predicted molar refractivity (Wildman–Crippen MR) is 125 cm³/mol. The molecule has 5 heteroatoms. The molecule has 0 bridgehead atoms. The molecule has 0 aliphatic rings. The van der Waals surface area contributed by atoms with Crippen molar-refractivity contribution in [3.05, 3.63) is 107 Å². The van der Waals surface area contributed by atoms with Gasteiger partial charge in [-0.05, 0) is 42.7 Å². The lowest BCUT2D eigenvalue weighted by Crippen LogP contribution is -2.49. The average molecular weight is 426 g/mol. The van der Waals surface area contributed by atoms with Gasteiger partial charge in [0.05, 0.1) is 11.5 Å². The number of amides is 2. The number of nitriles is 1. The van der Waals surface area contributed by atoms with E-state index >= 15 is 0 Å². The van der Waals surface area contributed by atoms with Gasteiger partial charge in [-0.2, -0.15) is 5.26 Å². The van der Waals surface area contributed by atoms with Crippen LogP contribution in [0.4, 0.5) is 0 Å². The third-order valence-corrected chi connectivity index (χ3v) is 5.59. The first-order chi connectivity index (χ1) is 15.4. The number of likely N-dealkylation sites (N-methyl/N-ethyl adjacent to an activating group) is 1. The van der Waals surface area contributed by atoms with Crippen LogP contribution in [-0.4, -0.2) is 24.9 Å². The van der Waals surface area contributed by atoms with Crippen molar-refractivity contribution in [3.8, 4) is 6.07 Å². The number of hydrogen-bond donors (Lipinski definition) is 2. The molecular weight excluding hydrogens is 398 g/mol. The van der Waals surface area contributed by atoms with Crippen molar-refractivity contribution in [2.45, 2.75) is 31.2 Å². The van der Waals surface area contributed by atoms with Gasteiger partial charge < -0.3 is 10.6 Å². The van der Waals surface area contributed by atoms with Crippen LogP contribution in [0.5, 0.6) is 0 Å². The zero-order valence-corrected chi connectivity index (χ0v) is 18.5. The molecule has 0 fully saturated rings.